The Morgan fingerprint density at radius 3 is 2.19 bits per heavy atom. The second kappa shape index (κ2) is 11.1. The number of rotatable bonds is 2. The van der Waals surface area contributed by atoms with Crippen molar-refractivity contribution in [3.8, 4) is 0 Å². The summed E-state index contributed by atoms with van der Waals surface area (Å²) in [5.74, 6) is 0. The van der Waals surface area contributed by atoms with Gasteiger partial charge in [-0.15, -0.1) is 0 Å². The molecule has 4 unspecified atom stereocenters. The van der Waals surface area contributed by atoms with E-state index in [9.17, 15) is 0 Å². The summed E-state index contributed by atoms with van der Waals surface area (Å²) in [6, 6.07) is 3.65. The van der Waals surface area contributed by atoms with E-state index in [1.807, 2.05) is 7.11 Å². The molecule has 158 valence electrons. The van der Waals surface area contributed by atoms with E-state index in [-0.39, 0.29) is 0 Å². The molecule has 0 radical (unpaired) electrons. The van der Waals surface area contributed by atoms with Crippen LogP contribution < -0.4 is 16.0 Å². The van der Waals surface area contributed by atoms with Crippen LogP contribution in [-0.4, -0.2) is 68.1 Å². The van der Waals surface area contributed by atoms with Gasteiger partial charge in [-0.2, -0.15) is 0 Å². The van der Waals surface area contributed by atoms with Gasteiger partial charge in [-0.05, 0) is 58.9 Å². The Bertz CT molecular complexity index is 421. The van der Waals surface area contributed by atoms with Crippen LogP contribution in [0, 0.1) is 0 Å². The second-order valence-corrected chi connectivity index (χ2v) is 9.35. The molecule has 3 aliphatic rings. The van der Waals surface area contributed by atoms with Gasteiger partial charge in [0.05, 0.1) is 6.73 Å². The van der Waals surface area contributed by atoms with Crippen LogP contribution in [0.4, 0.5) is 0 Å². The number of hydrogen-bond donors (Lipinski definition) is 3. The van der Waals surface area contributed by atoms with Crippen LogP contribution >= 0.6 is 0 Å². The van der Waals surface area contributed by atoms with Gasteiger partial charge >= 0.3 is 0 Å². The van der Waals surface area contributed by atoms with Gasteiger partial charge in [-0.3, -0.25) is 4.90 Å². The molecule has 1 heterocycles. The van der Waals surface area contributed by atoms with Crippen LogP contribution in [0.3, 0.4) is 0 Å². The Kier molecular flexibility index (Phi) is 8.85. The van der Waals surface area contributed by atoms with E-state index in [1.54, 1.807) is 0 Å². The largest absolute Gasteiger partial charge is 0.369 e. The van der Waals surface area contributed by atoms with Crippen molar-refractivity contribution < 1.29 is 4.74 Å². The van der Waals surface area contributed by atoms with Crippen molar-refractivity contribution in [2.45, 2.75) is 114 Å². The van der Waals surface area contributed by atoms with Crippen molar-refractivity contribution in [2.75, 3.05) is 26.9 Å². The lowest BCUT2D eigenvalue weighted by Crippen LogP contribution is -2.57. The minimum Gasteiger partial charge on any atom is -0.369 e. The zero-order valence-corrected chi connectivity index (χ0v) is 18.0. The summed E-state index contributed by atoms with van der Waals surface area (Å²) in [5.41, 5.74) is 0. The molecule has 3 N–H and O–H groups in total. The Balaban J connectivity index is 1.69. The first-order valence-corrected chi connectivity index (χ1v) is 11.7. The molecule has 3 fully saturated rings. The highest BCUT2D eigenvalue weighted by Crippen LogP contribution is 2.25. The fraction of sp³-hybridized carbons (Fsp3) is 1.00. The highest BCUT2D eigenvalue weighted by atomic mass is 16.5. The third-order valence-corrected chi connectivity index (χ3v) is 7.09. The third-order valence-electron chi connectivity index (χ3n) is 7.09. The first-order valence-electron chi connectivity index (χ1n) is 11.7. The molecule has 0 spiro atoms. The second-order valence-electron chi connectivity index (χ2n) is 9.35. The average Bonchev–Trinajstić information content (AvgIpc) is 2.66. The third kappa shape index (κ3) is 6.40. The minimum atomic E-state index is 0.564. The number of nitrogens with zero attached hydrogens (tertiary/aromatic N) is 1. The summed E-state index contributed by atoms with van der Waals surface area (Å²) in [7, 11) is 1.85. The van der Waals surface area contributed by atoms with Crippen LogP contribution in [0.5, 0.6) is 0 Å². The SMILES string of the molecule is COCN1CC[C@@H](C)NC2CCCCC2NCC[C@H](C)NC2CCCCC21. The van der Waals surface area contributed by atoms with E-state index < -0.39 is 0 Å². The Hall–Kier alpha value is -0.200. The molecule has 1 aliphatic heterocycles. The maximum atomic E-state index is 5.62. The summed E-state index contributed by atoms with van der Waals surface area (Å²) in [6.45, 7) is 7.77. The summed E-state index contributed by atoms with van der Waals surface area (Å²) < 4.78 is 5.62. The van der Waals surface area contributed by atoms with Gasteiger partial charge in [0, 0.05) is 49.9 Å². The first kappa shape index (κ1) is 21.5. The average molecular weight is 381 g/mol. The van der Waals surface area contributed by atoms with Crippen LogP contribution in [0.25, 0.3) is 0 Å². The molecule has 3 rings (SSSR count). The fourth-order valence-corrected chi connectivity index (χ4v) is 5.55. The first-order chi connectivity index (χ1) is 13.2. The molecule has 0 aromatic rings. The summed E-state index contributed by atoms with van der Waals surface area (Å²) in [6.07, 6.45) is 13.1. The normalized spacial score (nSPS) is 40.6. The zero-order chi connectivity index (χ0) is 19.1. The molecular weight excluding hydrogens is 336 g/mol. The van der Waals surface area contributed by atoms with Crippen molar-refractivity contribution in [1.29, 1.82) is 0 Å². The number of ether oxygens (including phenoxy) is 1. The van der Waals surface area contributed by atoms with Gasteiger partial charge in [0.2, 0.25) is 0 Å². The number of nitrogens with one attached hydrogen (secondary N) is 3. The minimum absolute atomic E-state index is 0.564. The van der Waals surface area contributed by atoms with Gasteiger partial charge in [0.15, 0.2) is 0 Å². The van der Waals surface area contributed by atoms with Crippen molar-refractivity contribution >= 4 is 0 Å². The highest BCUT2D eigenvalue weighted by Gasteiger charge is 2.32. The lowest BCUT2D eigenvalue weighted by molar-refractivity contribution is 0.00507. The van der Waals surface area contributed by atoms with E-state index in [0.29, 0.717) is 36.3 Å². The molecular formula is C22H44N4O. The predicted octanol–water partition coefficient (Wildman–Crippen LogP) is 2.85. The number of fused-ring (bicyclic) bond motifs is 2. The maximum absolute atomic E-state index is 5.62. The number of hydrogen-bond acceptors (Lipinski definition) is 5. The molecule has 0 amide bonds. The van der Waals surface area contributed by atoms with E-state index >= 15 is 0 Å². The lowest BCUT2D eigenvalue weighted by atomic mass is 9.87. The zero-order valence-electron chi connectivity index (χ0n) is 18.0. The monoisotopic (exact) mass is 380 g/mol. The molecule has 1 saturated heterocycles. The quantitative estimate of drug-likeness (QED) is 0.688. The Labute approximate surface area is 167 Å². The van der Waals surface area contributed by atoms with Crippen LogP contribution in [-0.2, 0) is 4.74 Å². The molecule has 0 aromatic heterocycles. The van der Waals surface area contributed by atoms with Crippen molar-refractivity contribution in [3.05, 3.63) is 0 Å². The smallest absolute Gasteiger partial charge is 0.0989 e. The topological polar surface area (TPSA) is 48.6 Å². The molecule has 6 atom stereocenters. The van der Waals surface area contributed by atoms with E-state index in [2.05, 4.69) is 34.7 Å². The number of methoxy groups -OCH3 is 1. The fourth-order valence-electron chi connectivity index (χ4n) is 5.55. The van der Waals surface area contributed by atoms with Crippen molar-refractivity contribution in [2.24, 2.45) is 0 Å². The predicted molar refractivity (Wildman–Crippen MR) is 113 cm³/mol. The maximum Gasteiger partial charge on any atom is 0.0989 e. The highest BCUT2D eigenvalue weighted by molar-refractivity contribution is 4.92. The van der Waals surface area contributed by atoms with Gasteiger partial charge in [0.25, 0.3) is 0 Å². The molecule has 0 aromatic carbocycles. The molecule has 5 nitrogen and oxygen atoms in total. The van der Waals surface area contributed by atoms with Gasteiger partial charge in [0.1, 0.15) is 0 Å². The van der Waals surface area contributed by atoms with Gasteiger partial charge in [-0.25, -0.2) is 0 Å². The van der Waals surface area contributed by atoms with Crippen molar-refractivity contribution in [3.63, 3.8) is 0 Å². The standard InChI is InChI=1S/C22H44N4O/c1-17-12-14-23-19-8-4-5-9-20(19)24-18(2)13-15-26(16-27-3)22-11-7-6-10-21(22)25-17/h17-25H,4-16H2,1-3H3/t17-,18+,19?,20?,21?,22?/m0/s1. The van der Waals surface area contributed by atoms with E-state index in [4.69, 9.17) is 4.74 Å². The Morgan fingerprint density at radius 2 is 1.41 bits per heavy atom. The van der Waals surface area contributed by atoms with E-state index in [0.717, 1.165) is 19.8 Å². The molecule has 2 saturated carbocycles. The van der Waals surface area contributed by atoms with E-state index in [1.165, 1.54) is 64.2 Å². The molecule has 27 heavy (non-hydrogen) atoms. The summed E-state index contributed by atoms with van der Waals surface area (Å²) in [5, 5.41) is 11.9. The van der Waals surface area contributed by atoms with Gasteiger partial charge in [-0.1, -0.05) is 25.7 Å². The summed E-state index contributed by atoms with van der Waals surface area (Å²) >= 11 is 0. The van der Waals surface area contributed by atoms with Crippen molar-refractivity contribution in [1.82, 2.24) is 20.9 Å². The molecule has 2 aliphatic carbocycles. The van der Waals surface area contributed by atoms with Crippen LogP contribution in [0.1, 0.15) is 78.1 Å². The lowest BCUT2D eigenvalue weighted by Gasteiger charge is -2.42. The molecule has 0 bridgehead atoms. The Morgan fingerprint density at radius 1 is 0.778 bits per heavy atom. The van der Waals surface area contributed by atoms with Gasteiger partial charge < -0.3 is 20.7 Å². The summed E-state index contributed by atoms with van der Waals surface area (Å²) in [4.78, 5) is 2.62. The van der Waals surface area contributed by atoms with Crippen LogP contribution in [0.15, 0.2) is 0 Å². The molecule has 5 heteroatoms. The van der Waals surface area contributed by atoms with Crippen LogP contribution in [0.2, 0.25) is 0 Å².